The first-order chi connectivity index (χ1) is 13.5. The highest BCUT2D eigenvalue weighted by molar-refractivity contribution is 6.03. The van der Waals surface area contributed by atoms with Crippen LogP contribution >= 0.6 is 0 Å². The third-order valence-electron chi connectivity index (χ3n) is 3.47. The number of rotatable bonds is 9. The van der Waals surface area contributed by atoms with Crippen molar-refractivity contribution in [3.63, 3.8) is 0 Å². The van der Waals surface area contributed by atoms with Gasteiger partial charge in [-0.2, -0.15) is 0 Å². The number of ether oxygens (including phenoxy) is 2. The van der Waals surface area contributed by atoms with Crippen molar-refractivity contribution >= 4 is 18.0 Å². The van der Waals surface area contributed by atoms with Gasteiger partial charge in [0.25, 0.3) is 5.91 Å². The van der Waals surface area contributed by atoms with Crippen LogP contribution in [0.25, 0.3) is 0 Å². The zero-order valence-corrected chi connectivity index (χ0v) is 14.8. The van der Waals surface area contributed by atoms with Gasteiger partial charge >= 0.3 is 12.1 Å². The molecule has 0 aliphatic heterocycles. The Kier molecular flexibility index (Phi) is 7.77. The van der Waals surface area contributed by atoms with Gasteiger partial charge in [-0.1, -0.05) is 30.3 Å². The topological polar surface area (TPSA) is 114 Å². The van der Waals surface area contributed by atoms with Crippen molar-refractivity contribution in [3.8, 4) is 5.75 Å². The average Bonchev–Trinajstić information content (AvgIpc) is 2.69. The number of benzene rings is 2. The molecule has 3 N–H and O–H groups in total. The Morgan fingerprint density at radius 2 is 1.71 bits per heavy atom. The molecule has 0 heterocycles. The van der Waals surface area contributed by atoms with Crippen molar-refractivity contribution in [1.29, 1.82) is 0 Å². The molecule has 2 rings (SSSR count). The van der Waals surface area contributed by atoms with Crippen molar-refractivity contribution in [2.45, 2.75) is 12.6 Å². The second-order valence-electron chi connectivity index (χ2n) is 5.57. The van der Waals surface area contributed by atoms with Crippen LogP contribution in [0.15, 0.2) is 54.6 Å². The van der Waals surface area contributed by atoms with Crippen LogP contribution in [-0.4, -0.2) is 42.3 Å². The number of carboxylic acid groups (broad SMARTS) is 1. The molecular formula is C19H19FN2O6. The van der Waals surface area contributed by atoms with E-state index in [4.69, 9.17) is 14.6 Å². The Morgan fingerprint density at radius 1 is 1.04 bits per heavy atom. The van der Waals surface area contributed by atoms with Crippen LogP contribution in [0.3, 0.4) is 0 Å². The van der Waals surface area contributed by atoms with Crippen LogP contribution in [0.4, 0.5) is 9.18 Å². The molecule has 1 atom stereocenters. The lowest BCUT2D eigenvalue weighted by molar-refractivity contribution is -0.143. The van der Waals surface area contributed by atoms with Crippen LogP contribution in [0.1, 0.15) is 5.56 Å². The van der Waals surface area contributed by atoms with E-state index in [1.54, 1.807) is 30.3 Å². The number of carbonyl (C=O) groups is 3. The van der Waals surface area contributed by atoms with Gasteiger partial charge in [-0.3, -0.25) is 10.1 Å². The lowest BCUT2D eigenvalue weighted by Gasteiger charge is -2.15. The van der Waals surface area contributed by atoms with Crippen LogP contribution < -0.4 is 15.4 Å². The normalized spacial score (nSPS) is 11.2. The maximum Gasteiger partial charge on any atom is 0.408 e. The van der Waals surface area contributed by atoms with E-state index in [0.29, 0.717) is 11.3 Å². The number of nitrogens with one attached hydrogen (secondary N) is 2. The summed E-state index contributed by atoms with van der Waals surface area (Å²) in [6.07, 6.45) is -1.03. The van der Waals surface area contributed by atoms with E-state index in [2.05, 4.69) is 5.32 Å². The van der Waals surface area contributed by atoms with Crippen LogP contribution in [0, 0.1) is 5.82 Å². The van der Waals surface area contributed by atoms with E-state index in [1.807, 2.05) is 5.32 Å². The summed E-state index contributed by atoms with van der Waals surface area (Å²) in [7, 11) is 0. The molecule has 2 amide bonds. The summed E-state index contributed by atoms with van der Waals surface area (Å²) >= 11 is 0. The number of amides is 2. The highest BCUT2D eigenvalue weighted by atomic mass is 19.1. The molecule has 0 spiro atoms. The van der Waals surface area contributed by atoms with E-state index < -0.39 is 29.8 Å². The number of alkyl carbamates (subject to hydrolysis) is 1. The maximum absolute atomic E-state index is 12.8. The summed E-state index contributed by atoms with van der Waals surface area (Å²) in [5, 5.41) is 13.5. The van der Waals surface area contributed by atoms with Gasteiger partial charge in [0.1, 0.15) is 24.8 Å². The van der Waals surface area contributed by atoms with Gasteiger partial charge in [-0.25, -0.2) is 14.0 Å². The lowest BCUT2D eigenvalue weighted by Crippen LogP contribution is -2.52. The summed E-state index contributed by atoms with van der Waals surface area (Å²) in [5.74, 6) is -2.47. The molecule has 0 saturated carbocycles. The molecule has 0 saturated heterocycles. The number of carboxylic acids is 1. The minimum Gasteiger partial charge on any atom is -0.492 e. The van der Waals surface area contributed by atoms with Gasteiger partial charge in [0.15, 0.2) is 0 Å². The molecule has 0 radical (unpaired) electrons. The van der Waals surface area contributed by atoms with Gasteiger partial charge in [-0.05, 0) is 29.8 Å². The summed E-state index contributed by atoms with van der Waals surface area (Å²) in [5.41, 5.74) is 0.715. The predicted octanol–water partition coefficient (Wildman–Crippen LogP) is 1.70. The molecule has 0 aromatic heterocycles. The molecule has 0 fully saturated rings. The van der Waals surface area contributed by atoms with Gasteiger partial charge in [-0.15, -0.1) is 0 Å². The summed E-state index contributed by atoms with van der Waals surface area (Å²) < 4.78 is 23.0. The van der Waals surface area contributed by atoms with Gasteiger partial charge < -0.3 is 19.9 Å². The summed E-state index contributed by atoms with van der Waals surface area (Å²) in [4.78, 5) is 35.0. The molecule has 0 aliphatic rings. The quantitative estimate of drug-likeness (QED) is 0.444. The van der Waals surface area contributed by atoms with Crippen molar-refractivity contribution in [2.75, 3.05) is 13.2 Å². The Balaban J connectivity index is 1.75. The van der Waals surface area contributed by atoms with Gasteiger partial charge in [0.05, 0.1) is 6.54 Å². The summed E-state index contributed by atoms with van der Waals surface area (Å²) in [6, 6.07) is 12.3. The Bertz CT molecular complexity index is 798. The fraction of sp³-hybridized carbons (Fsp3) is 0.211. The minimum absolute atomic E-state index is 0.0132. The monoisotopic (exact) mass is 390 g/mol. The molecule has 8 nitrogen and oxygen atoms in total. The molecule has 148 valence electrons. The standard InChI is InChI=1S/C19H19FN2O6/c20-14-6-8-15(9-7-14)27-11-10-21-17(23)16(18(24)25)22-19(26)28-12-13-4-2-1-3-5-13/h1-9,16H,10-12H2,(H,21,23)(H,22,26)(H,24,25)/t16-/m0/s1. The van der Waals surface area contributed by atoms with E-state index in [9.17, 15) is 18.8 Å². The van der Waals surface area contributed by atoms with Crippen LogP contribution in [0.5, 0.6) is 5.75 Å². The van der Waals surface area contributed by atoms with Crippen LogP contribution in [0.2, 0.25) is 0 Å². The highest BCUT2D eigenvalue weighted by Crippen LogP contribution is 2.10. The van der Waals surface area contributed by atoms with Crippen LogP contribution in [-0.2, 0) is 20.9 Å². The zero-order chi connectivity index (χ0) is 20.4. The fourth-order valence-corrected chi connectivity index (χ4v) is 2.10. The van der Waals surface area contributed by atoms with E-state index in [0.717, 1.165) is 0 Å². The van der Waals surface area contributed by atoms with Gasteiger partial charge in [0, 0.05) is 0 Å². The number of carbonyl (C=O) groups excluding carboxylic acids is 2. The van der Waals surface area contributed by atoms with E-state index in [-0.39, 0.29) is 19.8 Å². The first kappa shape index (κ1) is 20.7. The van der Waals surface area contributed by atoms with Crippen molar-refractivity contribution in [1.82, 2.24) is 10.6 Å². The first-order valence-electron chi connectivity index (χ1n) is 8.32. The zero-order valence-electron chi connectivity index (χ0n) is 14.8. The minimum atomic E-state index is -1.81. The molecule has 28 heavy (non-hydrogen) atoms. The number of aliphatic carboxylic acids is 1. The van der Waals surface area contributed by atoms with Gasteiger partial charge in [0.2, 0.25) is 6.04 Å². The van der Waals surface area contributed by atoms with Crippen molar-refractivity contribution < 1.29 is 33.4 Å². The molecule has 0 unspecified atom stereocenters. The molecule has 2 aromatic rings. The molecule has 0 aliphatic carbocycles. The van der Waals surface area contributed by atoms with E-state index >= 15 is 0 Å². The maximum atomic E-state index is 12.8. The second-order valence-corrected chi connectivity index (χ2v) is 5.57. The molecular weight excluding hydrogens is 371 g/mol. The third-order valence-corrected chi connectivity index (χ3v) is 3.47. The van der Waals surface area contributed by atoms with E-state index in [1.165, 1.54) is 24.3 Å². The third kappa shape index (κ3) is 6.94. The fourth-order valence-electron chi connectivity index (χ4n) is 2.10. The first-order valence-corrected chi connectivity index (χ1v) is 8.32. The number of hydrogen-bond donors (Lipinski definition) is 3. The molecule has 9 heteroatoms. The smallest absolute Gasteiger partial charge is 0.408 e. The number of halogens is 1. The SMILES string of the molecule is O=C(N[C@H](C(=O)O)C(=O)NCCOc1ccc(F)cc1)OCc1ccccc1. The number of hydrogen-bond acceptors (Lipinski definition) is 5. The molecule has 2 aromatic carbocycles. The second kappa shape index (κ2) is 10.5. The summed E-state index contributed by atoms with van der Waals surface area (Å²) in [6.45, 7) is -0.0466. The van der Waals surface area contributed by atoms with Crippen molar-refractivity contribution in [3.05, 3.63) is 66.0 Å². The molecule has 0 bridgehead atoms. The lowest BCUT2D eigenvalue weighted by atomic mass is 10.2. The Morgan fingerprint density at radius 3 is 2.36 bits per heavy atom. The Hall–Kier alpha value is -3.62. The predicted molar refractivity (Wildman–Crippen MR) is 96.1 cm³/mol. The van der Waals surface area contributed by atoms with Crippen molar-refractivity contribution in [2.24, 2.45) is 0 Å². The highest BCUT2D eigenvalue weighted by Gasteiger charge is 2.28. The average molecular weight is 390 g/mol. The Labute approximate surface area is 160 Å². The largest absolute Gasteiger partial charge is 0.492 e.